The van der Waals surface area contributed by atoms with E-state index in [0.29, 0.717) is 42.3 Å². The Labute approximate surface area is 156 Å². The highest BCUT2D eigenvalue weighted by Gasteiger charge is 2.26. The fourth-order valence-corrected chi connectivity index (χ4v) is 3.21. The van der Waals surface area contributed by atoms with Crippen molar-refractivity contribution < 1.29 is 9.59 Å². The van der Waals surface area contributed by atoms with Gasteiger partial charge in [0.1, 0.15) is 0 Å². The number of amides is 2. The Morgan fingerprint density at radius 3 is 2.00 bits per heavy atom. The van der Waals surface area contributed by atoms with Crippen molar-refractivity contribution in [2.24, 2.45) is 0 Å². The predicted octanol–water partition coefficient (Wildman–Crippen LogP) is 3.90. The molecule has 2 aromatic carbocycles. The molecule has 130 valence electrons. The maximum Gasteiger partial charge on any atom is 0.255 e. The van der Waals surface area contributed by atoms with E-state index in [0.717, 1.165) is 5.56 Å². The molecule has 0 spiro atoms. The molecule has 0 bridgehead atoms. The zero-order chi connectivity index (χ0) is 18.0. The Kier molecular flexibility index (Phi) is 5.30. The zero-order valence-corrected chi connectivity index (χ0v) is 15.3. The molecule has 1 heterocycles. The Morgan fingerprint density at radius 1 is 0.840 bits per heavy atom. The third-order valence-corrected chi connectivity index (χ3v) is 5.15. The molecule has 1 saturated heterocycles. The molecule has 2 amide bonds. The molecule has 0 aromatic heterocycles. The summed E-state index contributed by atoms with van der Waals surface area (Å²) in [5.41, 5.74) is 2.18. The number of carbonyl (C=O) groups excluding carboxylic acids is 2. The van der Waals surface area contributed by atoms with Gasteiger partial charge in [0.05, 0.1) is 15.6 Å². The average molecular weight is 377 g/mol. The highest BCUT2D eigenvalue weighted by atomic mass is 35.5. The van der Waals surface area contributed by atoms with Gasteiger partial charge in [-0.3, -0.25) is 9.59 Å². The van der Waals surface area contributed by atoms with Gasteiger partial charge < -0.3 is 9.80 Å². The minimum atomic E-state index is -0.157. The fourth-order valence-electron chi connectivity index (χ4n) is 2.83. The maximum atomic E-state index is 12.6. The van der Waals surface area contributed by atoms with E-state index >= 15 is 0 Å². The minimum Gasteiger partial charge on any atom is -0.335 e. The van der Waals surface area contributed by atoms with E-state index in [1.807, 2.05) is 31.2 Å². The molecule has 1 aliphatic heterocycles. The van der Waals surface area contributed by atoms with Gasteiger partial charge in [-0.1, -0.05) is 47.0 Å². The van der Waals surface area contributed by atoms with Crippen molar-refractivity contribution in [1.29, 1.82) is 0 Å². The van der Waals surface area contributed by atoms with Crippen LogP contribution in [0.2, 0.25) is 10.0 Å². The SMILES string of the molecule is Cc1ccc(C(=O)N2CCN(C(=O)c3cccc(Cl)c3Cl)CC2)cc1. The van der Waals surface area contributed by atoms with Crippen LogP contribution in [0.15, 0.2) is 42.5 Å². The summed E-state index contributed by atoms with van der Waals surface area (Å²) >= 11 is 12.1. The van der Waals surface area contributed by atoms with Crippen molar-refractivity contribution in [3.8, 4) is 0 Å². The molecular weight excluding hydrogens is 359 g/mol. The quantitative estimate of drug-likeness (QED) is 0.797. The van der Waals surface area contributed by atoms with Crippen LogP contribution in [0.5, 0.6) is 0 Å². The number of aryl methyl sites for hydroxylation is 1. The molecule has 1 fully saturated rings. The van der Waals surface area contributed by atoms with Crippen LogP contribution in [0.1, 0.15) is 26.3 Å². The largest absolute Gasteiger partial charge is 0.335 e. The summed E-state index contributed by atoms with van der Waals surface area (Å²) in [7, 11) is 0. The number of halogens is 2. The zero-order valence-electron chi connectivity index (χ0n) is 13.8. The fraction of sp³-hybridized carbons (Fsp3) is 0.263. The van der Waals surface area contributed by atoms with Gasteiger partial charge in [0.2, 0.25) is 0 Å². The highest BCUT2D eigenvalue weighted by molar-refractivity contribution is 6.43. The first-order valence-corrected chi connectivity index (χ1v) is 8.82. The standard InChI is InChI=1S/C19H18Cl2N2O2/c1-13-5-7-14(8-6-13)18(24)22-9-11-23(12-10-22)19(25)15-3-2-4-16(20)17(15)21/h2-8H,9-12H2,1H3. The van der Waals surface area contributed by atoms with Gasteiger partial charge in [-0.15, -0.1) is 0 Å². The summed E-state index contributed by atoms with van der Waals surface area (Å²) in [4.78, 5) is 28.7. The van der Waals surface area contributed by atoms with Gasteiger partial charge in [-0.25, -0.2) is 0 Å². The van der Waals surface area contributed by atoms with E-state index in [2.05, 4.69) is 0 Å². The van der Waals surface area contributed by atoms with Crippen molar-refractivity contribution in [1.82, 2.24) is 9.80 Å². The topological polar surface area (TPSA) is 40.6 Å². The van der Waals surface area contributed by atoms with Gasteiger partial charge in [-0.05, 0) is 31.2 Å². The first kappa shape index (κ1) is 17.8. The number of hydrogen-bond acceptors (Lipinski definition) is 2. The molecule has 2 aromatic rings. The second-order valence-electron chi connectivity index (χ2n) is 6.05. The van der Waals surface area contributed by atoms with E-state index < -0.39 is 0 Å². The Morgan fingerprint density at radius 2 is 1.40 bits per heavy atom. The molecule has 4 nitrogen and oxygen atoms in total. The van der Waals surface area contributed by atoms with Crippen LogP contribution in [0.25, 0.3) is 0 Å². The van der Waals surface area contributed by atoms with Crippen LogP contribution < -0.4 is 0 Å². The summed E-state index contributed by atoms with van der Waals surface area (Å²) in [6.07, 6.45) is 0. The molecule has 0 saturated carbocycles. The van der Waals surface area contributed by atoms with Crippen molar-refractivity contribution in [2.45, 2.75) is 6.92 Å². The first-order valence-electron chi connectivity index (χ1n) is 8.06. The molecule has 0 unspecified atom stereocenters. The third kappa shape index (κ3) is 3.80. The predicted molar refractivity (Wildman–Crippen MR) is 99.4 cm³/mol. The highest BCUT2D eigenvalue weighted by Crippen LogP contribution is 2.26. The number of rotatable bonds is 2. The lowest BCUT2D eigenvalue weighted by Gasteiger charge is -2.35. The van der Waals surface area contributed by atoms with Crippen molar-refractivity contribution in [2.75, 3.05) is 26.2 Å². The molecular formula is C19H18Cl2N2O2. The number of benzene rings is 2. The smallest absolute Gasteiger partial charge is 0.255 e. The molecule has 0 aliphatic carbocycles. The Balaban J connectivity index is 1.65. The van der Waals surface area contributed by atoms with E-state index in [1.54, 1.807) is 28.0 Å². The third-order valence-electron chi connectivity index (χ3n) is 4.33. The summed E-state index contributed by atoms with van der Waals surface area (Å²) in [6, 6.07) is 12.5. The van der Waals surface area contributed by atoms with Gasteiger partial charge in [0.25, 0.3) is 11.8 Å². The summed E-state index contributed by atoms with van der Waals surface area (Å²) < 4.78 is 0. The normalized spacial score (nSPS) is 14.5. The number of piperazine rings is 1. The molecule has 0 radical (unpaired) electrons. The lowest BCUT2D eigenvalue weighted by molar-refractivity contribution is 0.0535. The van der Waals surface area contributed by atoms with Crippen molar-refractivity contribution in [3.05, 3.63) is 69.2 Å². The van der Waals surface area contributed by atoms with E-state index in [-0.39, 0.29) is 16.8 Å². The first-order chi connectivity index (χ1) is 12.0. The van der Waals surface area contributed by atoms with Crippen LogP contribution >= 0.6 is 23.2 Å². The maximum absolute atomic E-state index is 12.6. The van der Waals surface area contributed by atoms with E-state index in [4.69, 9.17) is 23.2 Å². The van der Waals surface area contributed by atoms with Crippen LogP contribution in [0.4, 0.5) is 0 Å². The lowest BCUT2D eigenvalue weighted by Crippen LogP contribution is -2.50. The second-order valence-corrected chi connectivity index (χ2v) is 6.84. The van der Waals surface area contributed by atoms with E-state index in [9.17, 15) is 9.59 Å². The molecule has 0 atom stereocenters. The van der Waals surface area contributed by atoms with Gasteiger partial charge in [0.15, 0.2) is 0 Å². The van der Waals surface area contributed by atoms with E-state index in [1.165, 1.54) is 0 Å². The second kappa shape index (κ2) is 7.46. The summed E-state index contributed by atoms with van der Waals surface area (Å²) in [5, 5.41) is 0.632. The van der Waals surface area contributed by atoms with Crippen LogP contribution in [-0.4, -0.2) is 47.8 Å². The Hall–Kier alpha value is -2.04. The molecule has 6 heteroatoms. The van der Waals surface area contributed by atoms with Gasteiger partial charge in [0, 0.05) is 31.7 Å². The molecule has 1 aliphatic rings. The van der Waals surface area contributed by atoms with Crippen LogP contribution in [-0.2, 0) is 0 Å². The Bertz CT molecular complexity index is 798. The van der Waals surface area contributed by atoms with Crippen molar-refractivity contribution >= 4 is 35.0 Å². The lowest BCUT2D eigenvalue weighted by atomic mass is 10.1. The average Bonchev–Trinajstić information content (AvgIpc) is 2.64. The number of carbonyl (C=O) groups is 2. The van der Waals surface area contributed by atoms with Crippen LogP contribution in [0, 0.1) is 6.92 Å². The van der Waals surface area contributed by atoms with Crippen LogP contribution in [0.3, 0.4) is 0 Å². The summed E-state index contributed by atoms with van der Waals surface area (Å²) in [6.45, 7) is 3.92. The number of hydrogen-bond donors (Lipinski definition) is 0. The molecule has 3 rings (SSSR count). The molecule has 25 heavy (non-hydrogen) atoms. The monoisotopic (exact) mass is 376 g/mol. The van der Waals surface area contributed by atoms with Gasteiger partial charge in [-0.2, -0.15) is 0 Å². The number of nitrogens with zero attached hydrogens (tertiary/aromatic N) is 2. The summed E-state index contributed by atoms with van der Waals surface area (Å²) in [5.74, 6) is -0.164. The van der Waals surface area contributed by atoms with Crippen molar-refractivity contribution in [3.63, 3.8) is 0 Å². The van der Waals surface area contributed by atoms with Gasteiger partial charge >= 0.3 is 0 Å². The molecule has 0 N–H and O–H groups in total. The minimum absolute atomic E-state index is 0.00659.